The van der Waals surface area contributed by atoms with Crippen molar-refractivity contribution in [2.75, 3.05) is 0 Å². The molecule has 0 radical (unpaired) electrons. The normalized spacial score (nSPS) is 10.5. The molecular formula is C21H17BrO2. The molecule has 0 unspecified atom stereocenters. The molecule has 2 nitrogen and oxygen atoms in total. The molecule has 0 spiro atoms. The van der Waals surface area contributed by atoms with Gasteiger partial charge >= 0.3 is 5.97 Å². The number of rotatable bonds is 3. The summed E-state index contributed by atoms with van der Waals surface area (Å²) in [5, 5.41) is 0. The summed E-state index contributed by atoms with van der Waals surface area (Å²) in [7, 11) is 0. The zero-order valence-corrected chi connectivity index (χ0v) is 15.1. The molecule has 0 bridgehead atoms. The molecule has 3 aromatic carbocycles. The minimum atomic E-state index is -0.353. The van der Waals surface area contributed by atoms with Gasteiger partial charge in [0.15, 0.2) is 0 Å². The van der Waals surface area contributed by atoms with E-state index in [1.54, 1.807) is 12.1 Å². The van der Waals surface area contributed by atoms with Crippen molar-refractivity contribution in [1.29, 1.82) is 0 Å². The van der Waals surface area contributed by atoms with Crippen molar-refractivity contribution in [1.82, 2.24) is 0 Å². The summed E-state index contributed by atoms with van der Waals surface area (Å²) in [5.74, 6) is 0.229. The predicted octanol–water partition coefficient (Wildman–Crippen LogP) is 5.95. The summed E-state index contributed by atoms with van der Waals surface area (Å²) >= 11 is 3.36. The van der Waals surface area contributed by atoms with Crippen LogP contribution in [0.3, 0.4) is 0 Å². The summed E-state index contributed by atoms with van der Waals surface area (Å²) < 4.78 is 6.46. The van der Waals surface area contributed by atoms with E-state index in [0.717, 1.165) is 21.2 Å². The van der Waals surface area contributed by atoms with Gasteiger partial charge in [0.1, 0.15) is 5.75 Å². The lowest BCUT2D eigenvalue weighted by Gasteiger charge is -2.10. The fourth-order valence-corrected chi connectivity index (χ4v) is 2.70. The van der Waals surface area contributed by atoms with Gasteiger partial charge in [-0.05, 0) is 66.9 Å². The van der Waals surface area contributed by atoms with E-state index in [-0.39, 0.29) is 5.97 Å². The third-order valence-electron chi connectivity index (χ3n) is 3.84. The first-order valence-corrected chi connectivity index (χ1v) is 8.48. The van der Waals surface area contributed by atoms with E-state index in [4.69, 9.17) is 4.74 Å². The van der Waals surface area contributed by atoms with Gasteiger partial charge in [-0.1, -0.05) is 51.8 Å². The lowest BCUT2D eigenvalue weighted by Crippen LogP contribution is -2.09. The number of hydrogen-bond donors (Lipinski definition) is 0. The fraction of sp³-hybridized carbons (Fsp3) is 0.0952. The molecule has 0 fully saturated rings. The van der Waals surface area contributed by atoms with E-state index >= 15 is 0 Å². The van der Waals surface area contributed by atoms with E-state index in [9.17, 15) is 4.79 Å². The van der Waals surface area contributed by atoms with Gasteiger partial charge in [0.2, 0.25) is 0 Å². The molecular weight excluding hydrogens is 364 g/mol. The predicted molar refractivity (Wildman–Crippen MR) is 100 cm³/mol. The van der Waals surface area contributed by atoms with Crippen LogP contribution in [0.25, 0.3) is 11.1 Å². The molecule has 0 aliphatic rings. The van der Waals surface area contributed by atoms with Crippen LogP contribution in [0.1, 0.15) is 21.5 Å². The molecule has 3 rings (SSSR count). The first-order valence-electron chi connectivity index (χ1n) is 7.68. The van der Waals surface area contributed by atoms with Crippen LogP contribution in [-0.4, -0.2) is 5.97 Å². The Morgan fingerprint density at radius 2 is 1.46 bits per heavy atom. The average Bonchev–Trinajstić information content (AvgIpc) is 2.58. The molecule has 0 saturated carbocycles. The monoisotopic (exact) mass is 380 g/mol. The molecule has 0 heterocycles. The Balaban J connectivity index is 1.81. The lowest BCUT2D eigenvalue weighted by atomic mass is 10.0. The maximum absolute atomic E-state index is 12.2. The topological polar surface area (TPSA) is 26.3 Å². The van der Waals surface area contributed by atoms with Crippen molar-refractivity contribution in [3.8, 4) is 16.9 Å². The van der Waals surface area contributed by atoms with Crippen molar-refractivity contribution in [3.05, 3.63) is 87.9 Å². The number of carbonyl (C=O) groups excluding carboxylic acids is 1. The first-order chi connectivity index (χ1) is 11.5. The Hall–Kier alpha value is -2.39. The number of ether oxygens (including phenoxy) is 1. The van der Waals surface area contributed by atoms with Crippen LogP contribution in [0, 0.1) is 13.8 Å². The molecule has 0 aromatic heterocycles. The van der Waals surface area contributed by atoms with Crippen molar-refractivity contribution >= 4 is 21.9 Å². The molecule has 0 atom stereocenters. The second-order valence-electron chi connectivity index (χ2n) is 5.74. The summed E-state index contributed by atoms with van der Waals surface area (Å²) in [4.78, 5) is 12.2. The Bertz CT molecular complexity index is 865. The van der Waals surface area contributed by atoms with E-state index in [2.05, 4.69) is 47.1 Å². The van der Waals surface area contributed by atoms with Crippen LogP contribution in [0.5, 0.6) is 5.75 Å². The highest BCUT2D eigenvalue weighted by molar-refractivity contribution is 9.10. The third-order valence-corrected chi connectivity index (χ3v) is 4.37. The van der Waals surface area contributed by atoms with Crippen LogP contribution in [0.4, 0.5) is 0 Å². The Labute approximate surface area is 150 Å². The van der Waals surface area contributed by atoms with Crippen LogP contribution >= 0.6 is 15.9 Å². The third kappa shape index (κ3) is 3.74. The van der Waals surface area contributed by atoms with E-state index < -0.39 is 0 Å². The molecule has 3 aromatic rings. The number of benzene rings is 3. The standard InChI is InChI=1S/C21H17BrO2/c1-14-3-5-16(6-4-14)18-9-12-20(15(2)13-18)24-21(23)17-7-10-19(22)11-8-17/h3-13H,1-2H3. The van der Waals surface area contributed by atoms with Gasteiger partial charge in [-0.25, -0.2) is 4.79 Å². The van der Waals surface area contributed by atoms with Crippen molar-refractivity contribution in [2.24, 2.45) is 0 Å². The summed E-state index contributed by atoms with van der Waals surface area (Å²) in [6.07, 6.45) is 0. The molecule has 0 N–H and O–H groups in total. The highest BCUT2D eigenvalue weighted by Crippen LogP contribution is 2.27. The van der Waals surface area contributed by atoms with Crippen molar-refractivity contribution in [2.45, 2.75) is 13.8 Å². The fourth-order valence-electron chi connectivity index (χ4n) is 2.43. The minimum Gasteiger partial charge on any atom is -0.423 e. The number of halogens is 1. The molecule has 3 heteroatoms. The summed E-state index contributed by atoms with van der Waals surface area (Å²) in [5.41, 5.74) is 4.94. The molecule has 0 aliphatic heterocycles. The largest absolute Gasteiger partial charge is 0.423 e. The zero-order valence-electron chi connectivity index (χ0n) is 13.5. The van der Waals surface area contributed by atoms with Gasteiger partial charge < -0.3 is 4.74 Å². The van der Waals surface area contributed by atoms with Gasteiger partial charge in [-0.3, -0.25) is 0 Å². The number of carbonyl (C=O) groups is 1. The Morgan fingerprint density at radius 1 is 0.833 bits per heavy atom. The van der Waals surface area contributed by atoms with Crippen LogP contribution in [-0.2, 0) is 0 Å². The van der Waals surface area contributed by atoms with Crippen LogP contribution < -0.4 is 4.74 Å². The number of hydrogen-bond acceptors (Lipinski definition) is 2. The van der Waals surface area contributed by atoms with Gasteiger partial charge in [0.05, 0.1) is 5.56 Å². The number of aryl methyl sites for hydroxylation is 2. The Kier molecular flexibility index (Phi) is 4.81. The molecule has 0 saturated heterocycles. The van der Waals surface area contributed by atoms with E-state index in [1.807, 2.05) is 37.3 Å². The summed E-state index contributed by atoms with van der Waals surface area (Å²) in [6.45, 7) is 4.02. The average molecular weight is 381 g/mol. The molecule has 120 valence electrons. The van der Waals surface area contributed by atoms with Crippen LogP contribution in [0.15, 0.2) is 71.2 Å². The smallest absolute Gasteiger partial charge is 0.343 e. The lowest BCUT2D eigenvalue weighted by molar-refractivity contribution is 0.0733. The van der Waals surface area contributed by atoms with Crippen molar-refractivity contribution < 1.29 is 9.53 Å². The summed E-state index contributed by atoms with van der Waals surface area (Å²) in [6, 6.07) is 21.4. The van der Waals surface area contributed by atoms with Gasteiger partial charge in [-0.2, -0.15) is 0 Å². The highest BCUT2D eigenvalue weighted by Gasteiger charge is 2.11. The Morgan fingerprint density at radius 3 is 2.08 bits per heavy atom. The second-order valence-corrected chi connectivity index (χ2v) is 6.66. The van der Waals surface area contributed by atoms with Crippen molar-refractivity contribution in [3.63, 3.8) is 0 Å². The van der Waals surface area contributed by atoms with Crippen LogP contribution in [0.2, 0.25) is 0 Å². The molecule has 24 heavy (non-hydrogen) atoms. The van der Waals surface area contributed by atoms with E-state index in [1.165, 1.54) is 5.56 Å². The van der Waals surface area contributed by atoms with Gasteiger partial charge in [0, 0.05) is 4.47 Å². The molecule has 0 aliphatic carbocycles. The second kappa shape index (κ2) is 7.02. The number of esters is 1. The maximum Gasteiger partial charge on any atom is 0.343 e. The van der Waals surface area contributed by atoms with Gasteiger partial charge in [0.25, 0.3) is 0 Å². The van der Waals surface area contributed by atoms with Gasteiger partial charge in [-0.15, -0.1) is 0 Å². The minimum absolute atomic E-state index is 0.353. The highest BCUT2D eigenvalue weighted by atomic mass is 79.9. The first kappa shape index (κ1) is 16.5. The SMILES string of the molecule is Cc1ccc(-c2ccc(OC(=O)c3ccc(Br)cc3)c(C)c2)cc1. The quantitative estimate of drug-likeness (QED) is 0.414. The maximum atomic E-state index is 12.2. The van der Waals surface area contributed by atoms with E-state index in [0.29, 0.717) is 11.3 Å². The molecule has 0 amide bonds. The zero-order chi connectivity index (χ0) is 17.1.